The highest BCUT2D eigenvalue weighted by Crippen LogP contribution is 2.24. The SMILES string of the molecule is COc1cc(C=Cc2ccc(OC(=O)N3CCCC3)cc2)cc(OC)c1. The van der Waals surface area contributed by atoms with Crippen LogP contribution >= 0.6 is 0 Å². The molecule has 0 saturated carbocycles. The molecule has 0 unspecified atom stereocenters. The van der Waals surface area contributed by atoms with Crippen LogP contribution in [0.2, 0.25) is 0 Å². The maximum atomic E-state index is 12.0. The Hall–Kier alpha value is -2.95. The summed E-state index contributed by atoms with van der Waals surface area (Å²) < 4.78 is 16.0. The summed E-state index contributed by atoms with van der Waals surface area (Å²) in [7, 11) is 3.26. The maximum absolute atomic E-state index is 12.0. The summed E-state index contributed by atoms with van der Waals surface area (Å²) in [5.74, 6) is 2.04. The number of methoxy groups -OCH3 is 2. The number of benzene rings is 2. The number of likely N-dealkylation sites (tertiary alicyclic amines) is 1. The van der Waals surface area contributed by atoms with Crippen molar-refractivity contribution in [1.29, 1.82) is 0 Å². The van der Waals surface area contributed by atoms with Crippen molar-refractivity contribution < 1.29 is 19.0 Å². The number of rotatable bonds is 5. The van der Waals surface area contributed by atoms with Crippen LogP contribution in [0.1, 0.15) is 24.0 Å². The Kier molecular flexibility index (Phi) is 5.79. The van der Waals surface area contributed by atoms with Crippen molar-refractivity contribution in [2.45, 2.75) is 12.8 Å². The van der Waals surface area contributed by atoms with Gasteiger partial charge in [0.2, 0.25) is 0 Å². The van der Waals surface area contributed by atoms with E-state index in [2.05, 4.69) is 0 Å². The molecular weight excluding hydrogens is 330 g/mol. The van der Waals surface area contributed by atoms with E-state index in [0.717, 1.165) is 48.6 Å². The summed E-state index contributed by atoms with van der Waals surface area (Å²) >= 11 is 0. The molecule has 1 saturated heterocycles. The lowest BCUT2D eigenvalue weighted by Gasteiger charge is -2.14. The van der Waals surface area contributed by atoms with E-state index >= 15 is 0 Å². The van der Waals surface area contributed by atoms with Gasteiger partial charge < -0.3 is 19.1 Å². The van der Waals surface area contributed by atoms with Gasteiger partial charge in [0.05, 0.1) is 14.2 Å². The second kappa shape index (κ2) is 8.43. The van der Waals surface area contributed by atoms with E-state index < -0.39 is 0 Å². The number of carbonyl (C=O) groups excluding carboxylic acids is 1. The van der Waals surface area contributed by atoms with Crippen LogP contribution in [0, 0.1) is 0 Å². The minimum Gasteiger partial charge on any atom is -0.497 e. The molecule has 1 aliphatic heterocycles. The Balaban J connectivity index is 1.65. The van der Waals surface area contributed by atoms with Gasteiger partial charge in [-0.2, -0.15) is 0 Å². The monoisotopic (exact) mass is 353 g/mol. The first-order valence-electron chi connectivity index (χ1n) is 8.66. The van der Waals surface area contributed by atoms with Crippen LogP contribution in [0.25, 0.3) is 12.2 Å². The second-order valence-electron chi connectivity index (χ2n) is 6.11. The molecule has 136 valence electrons. The lowest BCUT2D eigenvalue weighted by Crippen LogP contribution is -2.30. The molecule has 0 spiro atoms. The first kappa shape index (κ1) is 17.9. The maximum Gasteiger partial charge on any atom is 0.415 e. The summed E-state index contributed by atoms with van der Waals surface area (Å²) in [6, 6.07) is 13.2. The average molecular weight is 353 g/mol. The molecule has 0 atom stereocenters. The predicted octanol–water partition coefficient (Wildman–Crippen LogP) is 4.47. The zero-order valence-electron chi connectivity index (χ0n) is 15.1. The van der Waals surface area contributed by atoms with Crippen LogP contribution in [0.4, 0.5) is 4.79 Å². The molecule has 5 nitrogen and oxygen atoms in total. The van der Waals surface area contributed by atoms with Gasteiger partial charge in [-0.3, -0.25) is 0 Å². The Morgan fingerprint density at radius 1 is 0.846 bits per heavy atom. The quantitative estimate of drug-likeness (QED) is 0.744. The summed E-state index contributed by atoms with van der Waals surface area (Å²) in [6.45, 7) is 1.56. The van der Waals surface area contributed by atoms with Crippen LogP contribution in [-0.4, -0.2) is 38.3 Å². The fourth-order valence-electron chi connectivity index (χ4n) is 2.83. The lowest BCUT2D eigenvalue weighted by atomic mass is 10.1. The third-order valence-corrected chi connectivity index (χ3v) is 4.29. The molecule has 5 heteroatoms. The van der Waals surface area contributed by atoms with Crippen molar-refractivity contribution in [3.05, 3.63) is 53.6 Å². The number of nitrogens with zero attached hydrogens (tertiary/aromatic N) is 1. The smallest absolute Gasteiger partial charge is 0.415 e. The van der Waals surface area contributed by atoms with E-state index in [1.54, 1.807) is 31.3 Å². The second-order valence-corrected chi connectivity index (χ2v) is 6.11. The number of amides is 1. The highest BCUT2D eigenvalue weighted by Gasteiger charge is 2.19. The van der Waals surface area contributed by atoms with Gasteiger partial charge >= 0.3 is 6.09 Å². The van der Waals surface area contributed by atoms with E-state index in [4.69, 9.17) is 14.2 Å². The largest absolute Gasteiger partial charge is 0.497 e. The van der Waals surface area contributed by atoms with E-state index in [9.17, 15) is 4.79 Å². The van der Waals surface area contributed by atoms with Crippen LogP contribution < -0.4 is 14.2 Å². The van der Waals surface area contributed by atoms with E-state index in [1.165, 1.54) is 0 Å². The van der Waals surface area contributed by atoms with Crippen molar-refractivity contribution in [2.75, 3.05) is 27.3 Å². The fraction of sp³-hybridized carbons (Fsp3) is 0.286. The van der Waals surface area contributed by atoms with Gasteiger partial charge in [-0.05, 0) is 48.2 Å². The first-order valence-corrected chi connectivity index (χ1v) is 8.66. The van der Waals surface area contributed by atoms with Crippen molar-refractivity contribution in [2.24, 2.45) is 0 Å². The molecule has 0 bridgehead atoms. The topological polar surface area (TPSA) is 48.0 Å². The Bertz CT molecular complexity index is 755. The van der Waals surface area contributed by atoms with E-state index in [-0.39, 0.29) is 6.09 Å². The molecule has 0 N–H and O–H groups in total. The summed E-state index contributed by atoms with van der Waals surface area (Å²) in [5, 5.41) is 0. The molecule has 3 rings (SSSR count). The zero-order valence-corrected chi connectivity index (χ0v) is 15.1. The predicted molar refractivity (Wildman–Crippen MR) is 102 cm³/mol. The van der Waals surface area contributed by atoms with Crippen LogP contribution in [-0.2, 0) is 0 Å². The molecule has 1 heterocycles. The van der Waals surface area contributed by atoms with Crippen molar-refractivity contribution in [1.82, 2.24) is 4.90 Å². The van der Waals surface area contributed by atoms with Gasteiger partial charge in [-0.1, -0.05) is 24.3 Å². The fourth-order valence-corrected chi connectivity index (χ4v) is 2.83. The highest BCUT2D eigenvalue weighted by atomic mass is 16.6. The normalized spacial score (nSPS) is 13.8. The lowest BCUT2D eigenvalue weighted by molar-refractivity contribution is 0.163. The van der Waals surface area contributed by atoms with Gasteiger partial charge in [-0.25, -0.2) is 4.79 Å². The van der Waals surface area contributed by atoms with Gasteiger partial charge in [-0.15, -0.1) is 0 Å². The number of carbonyl (C=O) groups is 1. The Morgan fingerprint density at radius 2 is 1.42 bits per heavy atom. The standard InChI is InChI=1S/C21H23NO4/c1-24-19-13-17(14-20(15-19)25-2)6-5-16-7-9-18(10-8-16)26-21(23)22-11-3-4-12-22/h5-10,13-15H,3-4,11-12H2,1-2H3. The summed E-state index contributed by atoms with van der Waals surface area (Å²) in [5.41, 5.74) is 1.98. The molecule has 2 aromatic carbocycles. The van der Waals surface area contributed by atoms with E-state index in [0.29, 0.717) is 5.75 Å². The number of hydrogen-bond donors (Lipinski definition) is 0. The third kappa shape index (κ3) is 4.57. The molecular formula is C21H23NO4. The minimum absolute atomic E-state index is 0.269. The molecule has 0 radical (unpaired) electrons. The molecule has 1 fully saturated rings. The van der Waals surface area contributed by atoms with Crippen LogP contribution in [0.15, 0.2) is 42.5 Å². The average Bonchev–Trinajstić information content (AvgIpc) is 3.22. The highest BCUT2D eigenvalue weighted by molar-refractivity contribution is 5.73. The first-order chi connectivity index (χ1) is 12.7. The number of hydrogen-bond acceptors (Lipinski definition) is 4. The molecule has 0 aromatic heterocycles. The van der Waals surface area contributed by atoms with Gasteiger partial charge in [0.1, 0.15) is 17.2 Å². The zero-order chi connectivity index (χ0) is 18.4. The summed E-state index contributed by atoms with van der Waals surface area (Å²) in [4.78, 5) is 13.7. The molecule has 0 aliphatic carbocycles. The van der Waals surface area contributed by atoms with Gasteiger partial charge in [0, 0.05) is 19.2 Å². The van der Waals surface area contributed by atoms with Crippen LogP contribution in [0.5, 0.6) is 17.2 Å². The van der Waals surface area contributed by atoms with Gasteiger partial charge in [0.15, 0.2) is 0 Å². The Morgan fingerprint density at radius 3 is 2.00 bits per heavy atom. The summed E-state index contributed by atoms with van der Waals surface area (Å²) in [6.07, 6.45) is 5.80. The third-order valence-electron chi connectivity index (χ3n) is 4.29. The molecule has 1 aliphatic rings. The number of ether oxygens (including phenoxy) is 3. The van der Waals surface area contributed by atoms with E-state index in [1.807, 2.05) is 42.5 Å². The molecule has 1 amide bonds. The Labute approximate surface area is 153 Å². The van der Waals surface area contributed by atoms with Crippen molar-refractivity contribution in [3.63, 3.8) is 0 Å². The van der Waals surface area contributed by atoms with Gasteiger partial charge in [0.25, 0.3) is 0 Å². The molecule has 26 heavy (non-hydrogen) atoms. The van der Waals surface area contributed by atoms with Crippen molar-refractivity contribution >= 4 is 18.2 Å². The molecule has 2 aromatic rings. The van der Waals surface area contributed by atoms with Crippen LogP contribution in [0.3, 0.4) is 0 Å². The minimum atomic E-state index is -0.269. The van der Waals surface area contributed by atoms with Crippen molar-refractivity contribution in [3.8, 4) is 17.2 Å².